The molecule has 0 radical (unpaired) electrons. The smallest absolute Gasteiger partial charge is 0.303 e. The quantitative estimate of drug-likeness (QED) is 0.453. The van der Waals surface area contributed by atoms with Crippen molar-refractivity contribution in [2.45, 2.75) is 36.9 Å². The molecule has 2 aromatic carbocycles. The van der Waals surface area contributed by atoms with Gasteiger partial charge in [0, 0.05) is 11.4 Å². The number of hydrogen-bond donors (Lipinski definition) is 1. The Morgan fingerprint density at radius 1 is 1.17 bits per heavy atom. The molecular formula is C20H19IO3. The summed E-state index contributed by atoms with van der Waals surface area (Å²) < 4.78 is 6.08. The lowest BCUT2D eigenvalue weighted by atomic mass is 9.78. The normalized spacial score (nSPS) is 28.0. The van der Waals surface area contributed by atoms with Gasteiger partial charge in [0.25, 0.3) is 0 Å². The lowest BCUT2D eigenvalue weighted by Crippen LogP contribution is -2.45. The van der Waals surface area contributed by atoms with Crippen LogP contribution in [-0.4, -0.2) is 21.6 Å². The third kappa shape index (κ3) is 2.30. The lowest BCUT2D eigenvalue weighted by Gasteiger charge is -2.37. The topological polar surface area (TPSA) is 46.5 Å². The molecule has 4 rings (SSSR count). The molecular weight excluding hydrogens is 415 g/mol. The summed E-state index contributed by atoms with van der Waals surface area (Å²) in [4.78, 5) is 11.6. The van der Waals surface area contributed by atoms with Gasteiger partial charge in [0.2, 0.25) is 0 Å². The maximum Gasteiger partial charge on any atom is 0.303 e. The largest absolute Gasteiger partial charge is 0.458 e. The van der Waals surface area contributed by atoms with Crippen LogP contribution in [0.4, 0.5) is 0 Å². The fourth-order valence-electron chi connectivity index (χ4n) is 4.14. The predicted molar refractivity (Wildman–Crippen MR) is 100 cm³/mol. The van der Waals surface area contributed by atoms with Crippen molar-refractivity contribution in [1.82, 2.24) is 0 Å². The van der Waals surface area contributed by atoms with Crippen LogP contribution < -0.4 is 0 Å². The van der Waals surface area contributed by atoms with Gasteiger partial charge < -0.3 is 9.84 Å². The zero-order valence-electron chi connectivity index (χ0n) is 13.4. The molecule has 0 bridgehead atoms. The molecule has 124 valence electrons. The first-order chi connectivity index (χ1) is 11.6. The number of carbonyl (C=O) groups is 1. The summed E-state index contributed by atoms with van der Waals surface area (Å²) in [5, 5.41) is 11.9. The highest BCUT2D eigenvalue weighted by Crippen LogP contribution is 2.61. The number of alkyl halides is 1. The lowest BCUT2D eigenvalue weighted by molar-refractivity contribution is -0.156. The first kappa shape index (κ1) is 16.1. The average molecular weight is 434 g/mol. The molecule has 0 spiro atoms. The minimum absolute atomic E-state index is 0.366. The molecule has 3 nitrogen and oxygen atoms in total. The molecule has 0 heterocycles. The first-order valence-corrected chi connectivity index (χ1v) is 9.74. The Morgan fingerprint density at radius 3 is 2.12 bits per heavy atom. The monoisotopic (exact) mass is 434 g/mol. The van der Waals surface area contributed by atoms with Crippen LogP contribution in [0, 0.1) is 0 Å². The van der Waals surface area contributed by atoms with E-state index < -0.39 is 11.7 Å². The molecule has 0 aromatic heterocycles. The van der Waals surface area contributed by atoms with E-state index in [0.717, 1.165) is 17.5 Å². The number of carbonyl (C=O) groups excluding carboxylic acids is 1. The zero-order chi connectivity index (χ0) is 16.9. The van der Waals surface area contributed by atoms with Gasteiger partial charge in [-0.2, -0.15) is 0 Å². The zero-order valence-corrected chi connectivity index (χ0v) is 15.6. The van der Waals surface area contributed by atoms with E-state index >= 15 is 0 Å². The van der Waals surface area contributed by atoms with Crippen molar-refractivity contribution in [3.8, 4) is 0 Å². The summed E-state index contributed by atoms with van der Waals surface area (Å²) in [6.45, 7) is 1.40. The Hall–Kier alpha value is -1.40. The highest BCUT2D eigenvalue weighted by Gasteiger charge is 2.53. The third-order valence-electron chi connectivity index (χ3n) is 5.25. The Labute approximate surface area is 155 Å². The second-order valence-electron chi connectivity index (χ2n) is 6.64. The van der Waals surface area contributed by atoms with Gasteiger partial charge in [-0.05, 0) is 40.5 Å². The van der Waals surface area contributed by atoms with Crippen LogP contribution in [0.5, 0.6) is 0 Å². The van der Waals surface area contributed by atoms with Gasteiger partial charge in [-0.1, -0.05) is 71.1 Å². The van der Waals surface area contributed by atoms with Crippen molar-refractivity contribution >= 4 is 28.6 Å². The van der Waals surface area contributed by atoms with E-state index in [9.17, 15) is 9.90 Å². The molecule has 2 aliphatic carbocycles. The minimum atomic E-state index is -1.31. The van der Waals surface area contributed by atoms with Gasteiger partial charge in [-0.3, -0.25) is 4.79 Å². The summed E-state index contributed by atoms with van der Waals surface area (Å²) in [5.41, 5.74) is 2.81. The standard InChI is InChI=1S/C20H19IO3/c1-12(22)24-19(11-21)20(23)17-8-4-2-6-13(17)15-10-16(15)14-7-3-5-9-18(14)20/h2-9,15-16,19,23H,10-11H2,1H3. The van der Waals surface area contributed by atoms with Crippen molar-refractivity contribution in [2.75, 3.05) is 4.43 Å². The van der Waals surface area contributed by atoms with Crippen LogP contribution in [0.2, 0.25) is 0 Å². The number of ether oxygens (including phenoxy) is 1. The average Bonchev–Trinajstić information content (AvgIpc) is 3.39. The van der Waals surface area contributed by atoms with Crippen molar-refractivity contribution in [2.24, 2.45) is 0 Å². The number of rotatable bonds is 3. The summed E-state index contributed by atoms with van der Waals surface area (Å²) in [5.74, 6) is 0.529. The van der Waals surface area contributed by atoms with Gasteiger partial charge in [-0.15, -0.1) is 0 Å². The van der Waals surface area contributed by atoms with Crippen molar-refractivity contribution in [1.29, 1.82) is 0 Å². The summed E-state index contributed by atoms with van der Waals surface area (Å²) in [6, 6.07) is 16.1. The molecule has 1 saturated carbocycles. The number of aliphatic hydroxyl groups is 1. The molecule has 1 fully saturated rings. The molecule has 0 amide bonds. The maximum atomic E-state index is 11.9. The fourth-order valence-corrected chi connectivity index (χ4v) is 4.96. The van der Waals surface area contributed by atoms with Crippen LogP contribution >= 0.6 is 22.6 Å². The Balaban J connectivity index is 1.98. The third-order valence-corrected chi connectivity index (χ3v) is 6.05. The first-order valence-electron chi connectivity index (χ1n) is 8.21. The van der Waals surface area contributed by atoms with Gasteiger partial charge in [0.05, 0.1) is 0 Å². The fraction of sp³-hybridized carbons (Fsp3) is 0.350. The highest BCUT2D eigenvalue weighted by atomic mass is 127. The number of hydrogen-bond acceptors (Lipinski definition) is 3. The molecule has 3 unspecified atom stereocenters. The summed E-state index contributed by atoms with van der Waals surface area (Å²) in [7, 11) is 0. The molecule has 2 aliphatic rings. The molecule has 4 heteroatoms. The van der Waals surface area contributed by atoms with Gasteiger partial charge in [0.1, 0.15) is 6.10 Å². The van der Waals surface area contributed by atoms with Crippen molar-refractivity contribution in [3.05, 3.63) is 70.8 Å². The molecule has 0 aliphatic heterocycles. The second kappa shape index (κ2) is 5.85. The number of halogens is 1. The van der Waals surface area contributed by atoms with Crippen LogP contribution in [0.1, 0.15) is 47.4 Å². The van der Waals surface area contributed by atoms with E-state index in [4.69, 9.17) is 4.74 Å². The molecule has 2 aromatic rings. The van der Waals surface area contributed by atoms with Crippen LogP contribution in [0.3, 0.4) is 0 Å². The Kier molecular flexibility index (Phi) is 3.92. The van der Waals surface area contributed by atoms with E-state index in [1.54, 1.807) is 0 Å². The van der Waals surface area contributed by atoms with Crippen LogP contribution in [-0.2, 0) is 15.1 Å². The molecule has 0 saturated heterocycles. The van der Waals surface area contributed by atoms with Gasteiger partial charge in [0.15, 0.2) is 5.60 Å². The van der Waals surface area contributed by atoms with Crippen LogP contribution in [0.15, 0.2) is 48.5 Å². The van der Waals surface area contributed by atoms with E-state index in [2.05, 4.69) is 34.7 Å². The van der Waals surface area contributed by atoms with Gasteiger partial charge >= 0.3 is 5.97 Å². The van der Waals surface area contributed by atoms with Crippen LogP contribution in [0.25, 0.3) is 0 Å². The molecule has 1 N–H and O–H groups in total. The highest BCUT2D eigenvalue weighted by molar-refractivity contribution is 14.1. The predicted octanol–water partition coefficient (Wildman–Crippen LogP) is 3.87. The van der Waals surface area contributed by atoms with Crippen molar-refractivity contribution in [3.63, 3.8) is 0 Å². The second-order valence-corrected chi connectivity index (χ2v) is 7.52. The molecule has 24 heavy (non-hydrogen) atoms. The minimum Gasteiger partial charge on any atom is -0.458 e. The van der Waals surface area contributed by atoms with E-state index in [1.807, 2.05) is 36.4 Å². The summed E-state index contributed by atoms with van der Waals surface area (Å²) >= 11 is 2.18. The maximum absolute atomic E-state index is 11.9. The SMILES string of the molecule is CC(=O)OC(CI)C1(O)c2ccccc2C2CC2c2ccccc21. The van der Waals surface area contributed by atoms with E-state index in [1.165, 1.54) is 18.1 Å². The van der Waals surface area contributed by atoms with E-state index in [0.29, 0.717) is 16.3 Å². The van der Waals surface area contributed by atoms with Gasteiger partial charge in [-0.25, -0.2) is 0 Å². The number of benzene rings is 2. The van der Waals surface area contributed by atoms with Crippen molar-refractivity contribution < 1.29 is 14.6 Å². The Bertz CT molecular complexity index is 749. The summed E-state index contributed by atoms with van der Waals surface area (Å²) in [6.07, 6.45) is 0.502. The van der Waals surface area contributed by atoms with E-state index in [-0.39, 0.29) is 5.97 Å². The number of fused-ring (bicyclic) bond motifs is 5. The molecule has 3 atom stereocenters. The Morgan fingerprint density at radius 2 is 1.67 bits per heavy atom. The number of esters is 1.